The average Bonchev–Trinajstić information content (AvgIpc) is 3.13. The minimum atomic E-state index is -0.127. The number of hydrogen-bond donors (Lipinski definition) is 0. The molecule has 160 valence electrons. The van der Waals surface area contributed by atoms with Crippen LogP contribution in [-0.4, -0.2) is 33.0 Å². The van der Waals surface area contributed by atoms with Gasteiger partial charge in [-0.1, -0.05) is 20.8 Å². The molecule has 0 spiro atoms. The molecule has 1 amide bonds. The highest BCUT2D eigenvalue weighted by atomic mass is 32.2. The topological polar surface area (TPSA) is 76.8 Å². The molecule has 1 aliphatic rings. The Hall–Kier alpha value is -2.61. The van der Waals surface area contributed by atoms with E-state index in [0.717, 1.165) is 17.7 Å². The zero-order chi connectivity index (χ0) is 21.7. The first kappa shape index (κ1) is 22.1. The number of anilines is 1. The molecule has 0 saturated heterocycles. The molecule has 1 aliphatic heterocycles. The Balaban J connectivity index is 2.07. The number of fused-ring (bicyclic) bond motifs is 1. The summed E-state index contributed by atoms with van der Waals surface area (Å²) in [5, 5.41) is 7.30. The number of benzene rings is 1. The first-order valence-electron chi connectivity index (χ1n) is 10.5. The van der Waals surface area contributed by atoms with Crippen molar-refractivity contribution >= 4 is 34.4 Å². The normalized spacial score (nSPS) is 13.1. The molecule has 0 aliphatic carbocycles. The van der Waals surface area contributed by atoms with Gasteiger partial charge in [0.05, 0.1) is 6.61 Å². The largest absolute Gasteiger partial charge is 0.494 e. The van der Waals surface area contributed by atoms with E-state index in [0.29, 0.717) is 54.0 Å². The Morgan fingerprint density at radius 1 is 1.00 bits per heavy atom. The molecule has 7 nitrogen and oxygen atoms in total. The van der Waals surface area contributed by atoms with Gasteiger partial charge in [0, 0.05) is 24.8 Å². The molecule has 2 heterocycles. The quantitative estimate of drug-likeness (QED) is 0.599. The number of imidazole rings is 1. The third kappa shape index (κ3) is 4.43. The van der Waals surface area contributed by atoms with Crippen LogP contribution in [0.1, 0.15) is 69.6 Å². The van der Waals surface area contributed by atoms with E-state index in [9.17, 15) is 9.59 Å². The van der Waals surface area contributed by atoms with Crippen LogP contribution in [0, 0.1) is 0 Å². The maximum atomic E-state index is 12.9. The van der Waals surface area contributed by atoms with Crippen molar-refractivity contribution in [2.75, 3.05) is 11.6 Å². The number of hydrazone groups is 1. The molecule has 0 unspecified atom stereocenters. The second-order valence-corrected chi connectivity index (χ2v) is 7.89. The summed E-state index contributed by atoms with van der Waals surface area (Å²) in [5.41, 5.74) is 0.858. The maximum Gasteiger partial charge on any atom is 0.248 e. The number of hydrogen-bond acceptors (Lipinski definition) is 6. The van der Waals surface area contributed by atoms with Crippen molar-refractivity contribution in [3.05, 3.63) is 35.7 Å². The highest BCUT2D eigenvalue weighted by Gasteiger charge is 2.33. The van der Waals surface area contributed by atoms with Crippen LogP contribution in [0.4, 0.5) is 5.82 Å². The Labute approximate surface area is 181 Å². The zero-order valence-corrected chi connectivity index (χ0v) is 18.8. The minimum absolute atomic E-state index is 0.00793. The predicted octanol–water partition coefficient (Wildman–Crippen LogP) is 4.89. The van der Waals surface area contributed by atoms with Crippen molar-refractivity contribution in [3.8, 4) is 5.75 Å². The zero-order valence-electron chi connectivity index (χ0n) is 18.0. The van der Waals surface area contributed by atoms with Gasteiger partial charge in [0.25, 0.3) is 0 Å². The standard InChI is InChI=1S/C22H28N4O3S/c1-5-9-18(27)25-17(7-3)23-20-22(25)30-21(24-26(20)19(28)10-6-2)15-11-13-16(14-12-15)29-8-4/h11-14H,5-10H2,1-4H3. The Bertz CT molecular complexity index is 950. The second-order valence-electron chi connectivity index (χ2n) is 6.91. The molecule has 3 rings (SSSR count). The Kier molecular flexibility index (Phi) is 7.31. The van der Waals surface area contributed by atoms with Crippen molar-refractivity contribution < 1.29 is 14.3 Å². The van der Waals surface area contributed by atoms with Crippen molar-refractivity contribution in [1.82, 2.24) is 9.55 Å². The fourth-order valence-electron chi connectivity index (χ4n) is 3.21. The molecule has 0 radical (unpaired) electrons. The molecule has 30 heavy (non-hydrogen) atoms. The summed E-state index contributed by atoms with van der Waals surface area (Å²) < 4.78 is 7.19. The molecule has 8 heteroatoms. The van der Waals surface area contributed by atoms with Gasteiger partial charge in [-0.2, -0.15) is 10.1 Å². The third-order valence-electron chi connectivity index (χ3n) is 4.61. The SMILES string of the molecule is CCCC(=O)N1N=C(c2ccc(OCC)cc2)Sc2c1nc(CC)n2C(=O)CCC. The van der Waals surface area contributed by atoms with Gasteiger partial charge in [-0.25, -0.2) is 4.98 Å². The van der Waals surface area contributed by atoms with Crippen LogP contribution in [0.25, 0.3) is 0 Å². The van der Waals surface area contributed by atoms with E-state index in [-0.39, 0.29) is 11.8 Å². The number of ether oxygens (including phenoxy) is 1. The van der Waals surface area contributed by atoms with E-state index in [1.807, 2.05) is 52.0 Å². The van der Waals surface area contributed by atoms with E-state index < -0.39 is 0 Å². The van der Waals surface area contributed by atoms with Crippen LogP contribution in [-0.2, 0) is 11.2 Å². The number of thioether (sulfide) groups is 1. The van der Waals surface area contributed by atoms with Crippen LogP contribution in [0.15, 0.2) is 34.4 Å². The highest BCUT2D eigenvalue weighted by Crippen LogP contribution is 2.39. The molecule has 0 N–H and O–H groups in total. The molecule has 0 bridgehead atoms. The minimum Gasteiger partial charge on any atom is -0.494 e. The molecule has 1 aromatic carbocycles. The van der Waals surface area contributed by atoms with E-state index in [1.54, 1.807) is 4.57 Å². The molecule has 1 aromatic heterocycles. The van der Waals surface area contributed by atoms with Crippen molar-refractivity contribution in [2.45, 2.75) is 64.8 Å². The van der Waals surface area contributed by atoms with Crippen LogP contribution < -0.4 is 9.75 Å². The van der Waals surface area contributed by atoms with Gasteiger partial charge in [-0.15, -0.1) is 0 Å². The smallest absolute Gasteiger partial charge is 0.248 e. The monoisotopic (exact) mass is 428 g/mol. The summed E-state index contributed by atoms with van der Waals surface area (Å²) in [4.78, 5) is 30.3. The van der Waals surface area contributed by atoms with E-state index in [4.69, 9.17) is 4.74 Å². The summed E-state index contributed by atoms with van der Waals surface area (Å²) in [6.45, 7) is 8.42. The molecule has 2 aromatic rings. The first-order valence-corrected chi connectivity index (χ1v) is 11.3. The summed E-state index contributed by atoms with van der Waals surface area (Å²) in [6, 6.07) is 7.60. The third-order valence-corrected chi connectivity index (χ3v) is 5.68. The van der Waals surface area contributed by atoms with E-state index in [2.05, 4.69) is 10.1 Å². The van der Waals surface area contributed by atoms with Crippen LogP contribution in [0.3, 0.4) is 0 Å². The van der Waals surface area contributed by atoms with Gasteiger partial charge < -0.3 is 4.74 Å². The first-order chi connectivity index (χ1) is 14.5. The van der Waals surface area contributed by atoms with Gasteiger partial charge in [0.2, 0.25) is 11.8 Å². The fraction of sp³-hybridized carbons (Fsp3) is 0.455. The summed E-state index contributed by atoms with van der Waals surface area (Å²) >= 11 is 1.38. The van der Waals surface area contributed by atoms with Gasteiger partial charge in [-0.05, 0) is 55.8 Å². The van der Waals surface area contributed by atoms with Crippen molar-refractivity contribution in [3.63, 3.8) is 0 Å². The molecule has 0 saturated carbocycles. The van der Waals surface area contributed by atoms with E-state index in [1.165, 1.54) is 16.8 Å². The predicted molar refractivity (Wildman–Crippen MR) is 120 cm³/mol. The molecule has 0 fully saturated rings. The molecular weight excluding hydrogens is 400 g/mol. The van der Waals surface area contributed by atoms with Crippen LogP contribution in [0.2, 0.25) is 0 Å². The van der Waals surface area contributed by atoms with E-state index >= 15 is 0 Å². The lowest BCUT2D eigenvalue weighted by Gasteiger charge is -2.23. The Morgan fingerprint density at radius 3 is 2.27 bits per heavy atom. The number of carbonyl (C=O) groups excluding carboxylic acids is 2. The van der Waals surface area contributed by atoms with Crippen molar-refractivity contribution in [2.24, 2.45) is 5.10 Å². The van der Waals surface area contributed by atoms with Gasteiger partial charge in [-0.3, -0.25) is 14.2 Å². The Morgan fingerprint density at radius 2 is 1.67 bits per heavy atom. The number of amides is 1. The number of nitrogens with zero attached hydrogens (tertiary/aromatic N) is 4. The highest BCUT2D eigenvalue weighted by molar-refractivity contribution is 8.14. The molecule has 0 atom stereocenters. The number of carbonyl (C=O) groups is 2. The number of rotatable bonds is 8. The lowest BCUT2D eigenvalue weighted by molar-refractivity contribution is -0.118. The van der Waals surface area contributed by atoms with Gasteiger partial charge in [0.15, 0.2) is 5.82 Å². The maximum absolute atomic E-state index is 12.9. The summed E-state index contributed by atoms with van der Waals surface area (Å²) in [7, 11) is 0. The fourth-order valence-corrected chi connectivity index (χ4v) is 4.29. The average molecular weight is 429 g/mol. The van der Waals surface area contributed by atoms with Crippen LogP contribution >= 0.6 is 11.8 Å². The number of aryl methyl sites for hydroxylation is 1. The number of aromatic nitrogens is 2. The van der Waals surface area contributed by atoms with Gasteiger partial charge in [0.1, 0.15) is 21.6 Å². The second kappa shape index (κ2) is 9.93. The lowest BCUT2D eigenvalue weighted by atomic mass is 10.2. The van der Waals surface area contributed by atoms with Gasteiger partial charge >= 0.3 is 0 Å². The summed E-state index contributed by atoms with van der Waals surface area (Å²) in [5.74, 6) is 1.75. The lowest BCUT2D eigenvalue weighted by Crippen LogP contribution is -2.30. The molecular formula is C22H28N4O3S. The summed E-state index contributed by atoms with van der Waals surface area (Å²) in [6.07, 6.45) is 2.84. The van der Waals surface area contributed by atoms with Crippen LogP contribution in [0.5, 0.6) is 5.75 Å². The van der Waals surface area contributed by atoms with Crippen molar-refractivity contribution in [1.29, 1.82) is 0 Å².